The van der Waals surface area contributed by atoms with E-state index in [2.05, 4.69) is 13.8 Å². The number of ether oxygens (including phenoxy) is 1. The summed E-state index contributed by atoms with van der Waals surface area (Å²) in [4.78, 5) is 11.4. The molecule has 3 nitrogen and oxygen atoms in total. The maximum Gasteiger partial charge on any atom is 0.310 e. The van der Waals surface area contributed by atoms with Crippen LogP contribution in [-0.4, -0.2) is 19.1 Å². The Labute approximate surface area is 87.0 Å². The van der Waals surface area contributed by atoms with Crippen molar-refractivity contribution in [2.45, 2.75) is 46.1 Å². The molecule has 84 valence electrons. The van der Waals surface area contributed by atoms with Crippen molar-refractivity contribution in [1.29, 1.82) is 0 Å². The minimum atomic E-state index is -0.178. The van der Waals surface area contributed by atoms with Gasteiger partial charge in [-0.1, -0.05) is 27.2 Å². The minimum absolute atomic E-state index is 0.0765. The quantitative estimate of drug-likeness (QED) is 0.668. The molecule has 0 radical (unpaired) electrons. The lowest BCUT2D eigenvalue weighted by atomic mass is 9.86. The third-order valence-corrected chi connectivity index (χ3v) is 2.81. The van der Waals surface area contributed by atoms with Crippen molar-refractivity contribution in [2.24, 2.45) is 17.6 Å². The van der Waals surface area contributed by atoms with E-state index in [4.69, 9.17) is 10.5 Å². The average molecular weight is 201 g/mol. The highest BCUT2D eigenvalue weighted by molar-refractivity contribution is 5.73. The number of hydrogen-bond acceptors (Lipinski definition) is 3. The molecule has 2 N–H and O–H groups in total. The largest absolute Gasteiger partial charge is 0.469 e. The van der Waals surface area contributed by atoms with E-state index < -0.39 is 0 Å². The van der Waals surface area contributed by atoms with Crippen LogP contribution in [0.1, 0.15) is 40.0 Å². The molecule has 0 saturated carbocycles. The number of carbonyl (C=O) groups excluding carboxylic acids is 1. The molecule has 14 heavy (non-hydrogen) atoms. The standard InChI is InChI=1S/C11H23NO2/c1-5-7-8(3)10(12)9(6-2)11(13)14-4/h8-10H,5-7,12H2,1-4H3/t8?,9-,10-/m1/s1. The maximum absolute atomic E-state index is 11.4. The molecule has 0 aliphatic rings. The van der Waals surface area contributed by atoms with E-state index in [1.165, 1.54) is 7.11 Å². The van der Waals surface area contributed by atoms with Gasteiger partial charge in [-0.15, -0.1) is 0 Å². The van der Waals surface area contributed by atoms with Crippen molar-refractivity contribution in [2.75, 3.05) is 7.11 Å². The molecule has 0 amide bonds. The smallest absolute Gasteiger partial charge is 0.310 e. The van der Waals surface area contributed by atoms with Crippen molar-refractivity contribution in [3.8, 4) is 0 Å². The summed E-state index contributed by atoms with van der Waals surface area (Å²) in [6.07, 6.45) is 2.92. The Balaban J connectivity index is 4.29. The Hall–Kier alpha value is -0.570. The maximum atomic E-state index is 11.4. The summed E-state index contributed by atoms with van der Waals surface area (Å²) in [6.45, 7) is 6.20. The number of rotatable bonds is 6. The molecule has 1 unspecified atom stereocenters. The van der Waals surface area contributed by atoms with E-state index in [1.54, 1.807) is 0 Å². The Morgan fingerprint density at radius 3 is 2.36 bits per heavy atom. The number of carbonyl (C=O) groups is 1. The fourth-order valence-electron chi connectivity index (χ4n) is 1.79. The Morgan fingerprint density at radius 1 is 1.43 bits per heavy atom. The lowest BCUT2D eigenvalue weighted by Gasteiger charge is -2.25. The molecule has 0 rings (SSSR count). The second-order valence-electron chi connectivity index (χ2n) is 3.88. The third kappa shape index (κ3) is 3.66. The fourth-order valence-corrected chi connectivity index (χ4v) is 1.79. The lowest BCUT2D eigenvalue weighted by molar-refractivity contribution is -0.146. The zero-order chi connectivity index (χ0) is 11.1. The second kappa shape index (κ2) is 6.82. The van der Waals surface area contributed by atoms with Gasteiger partial charge in [0.25, 0.3) is 0 Å². The fraction of sp³-hybridized carbons (Fsp3) is 0.909. The summed E-state index contributed by atoms with van der Waals surface area (Å²) in [6, 6.07) is -0.0765. The first-order valence-electron chi connectivity index (χ1n) is 5.41. The van der Waals surface area contributed by atoms with Gasteiger partial charge in [0.15, 0.2) is 0 Å². The zero-order valence-corrected chi connectivity index (χ0v) is 9.75. The summed E-state index contributed by atoms with van der Waals surface area (Å²) in [5.74, 6) is 0.0496. The topological polar surface area (TPSA) is 52.3 Å². The van der Waals surface area contributed by atoms with Gasteiger partial charge in [0, 0.05) is 6.04 Å². The van der Waals surface area contributed by atoms with Crippen LogP contribution in [-0.2, 0) is 9.53 Å². The summed E-state index contributed by atoms with van der Waals surface area (Å²) in [5, 5.41) is 0. The predicted molar refractivity (Wildman–Crippen MR) is 57.8 cm³/mol. The molecular formula is C11H23NO2. The van der Waals surface area contributed by atoms with Crippen LogP contribution < -0.4 is 5.73 Å². The summed E-state index contributed by atoms with van der Waals surface area (Å²) in [7, 11) is 1.42. The van der Waals surface area contributed by atoms with Gasteiger partial charge in [-0.25, -0.2) is 0 Å². The number of nitrogens with two attached hydrogens (primary N) is 1. The molecular weight excluding hydrogens is 178 g/mol. The van der Waals surface area contributed by atoms with Crippen molar-refractivity contribution >= 4 is 5.97 Å². The highest BCUT2D eigenvalue weighted by Gasteiger charge is 2.28. The van der Waals surface area contributed by atoms with Crippen LogP contribution in [0, 0.1) is 11.8 Å². The summed E-state index contributed by atoms with van der Waals surface area (Å²) >= 11 is 0. The first-order valence-corrected chi connectivity index (χ1v) is 5.41. The number of hydrogen-bond donors (Lipinski definition) is 1. The molecule has 0 heterocycles. The third-order valence-electron chi connectivity index (χ3n) is 2.81. The number of esters is 1. The SMILES string of the molecule is CCCC(C)[C@@H](N)[C@@H](CC)C(=O)OC. The van der Waals surface area contributed by atoms with E-state index in [-0.39, 0.29) is 17.9 Å². The molecule has 0 fully saturated rings. The van der Waals surface area contributed by atoms with E-state index in [9.17, 15) is 4.79 Å². The van der Waals surface area contributed by atoms with Crippen molar-refractivity contribution < 1.29 is 9.53 Å². The van der Waals surface area contributed by atoms with Gasteiger partial charge in [-0.2, -0.15) is 0 Å². The van der Waals surface area contributed by atoms with Gasteiger partial charge >= 0.3 is 5.97 Å². The van der Waals surface area contributed by atoms with E-state index in [0.717, 1.165) is 19.3 Å². The van der Waals surface area contributed by atoms with Crippen molar-refractivity contribution in [3.05, 3.63) is 0 Å². The summed E-state index contributed by atoms with van der Waals surface area (Å²) < 4.78 is 4.73. The van der Waals surface area contributed by atoms with Crippen molar-refractivity contribution in [1.82, 2.24) is 0 Å². The predicted octanol–water partition coefficient (Wildman–Crippen LogP) is 1.95. The van der Waals surface area contributed by atoms with Gasteiger partial charge < -0.3 is 10.5 Å². The van der Waals surface area contributed by atoms with Gasteiger partial charge in [0.05, 0.1) is 13.0 Å². The molecule has 0 bridgehead atoms. The highest BCUT2D eigenvalue weighted by Crippen LogP contribution is 2.19. The second-order valence-corrected chi connectivity index (χ2v) is 3.88. The molecule has 0 aromatic rings. The number of methoxy groups -OCH3 is 1. The van der Waals surface area contributed by atoms with Gasteiger partial charge in [0.1, 0.15) is 0 Å². The molecule has 0 aromatic carbocycles. The van der Waals surface area contributed by atoms with Gasteiger partial charge in [-0.05, 0) is 18.8 Å². The van der Waals surface area contributed by atoms with Crippen LogP contribution >= 0.6 is 0 Å². The monoisotopic (exact) mass is 201 g/mol. The molecule has 0 aliphatic carbocycles. The van der Waals surface area contributed by atoms with Crippen LogP contribution in [0.5, 0.6) is 0 Å². The highest BCUT2D eigenvalue weighted by atomic mass is 16.5. The molecule has 3 heteroatoms. The molecule has 0 aliphatic heterocycles. The molecule has 0 saturated heterocycles. The Morgan fingerprint density at radius 2 is 2.00 bits per heavy atom. The summed E-state index contributed by atoms with van der Waals surface area (Å²) in [5.41, 5.74) is 6.03. The van der Waals surface area contributed by atoms with E-state index >= 15 is 0 Å². The van der Waals surface area contributed by atoms with Crippen LogP contribution in [0.2, 0.25) is 0 Å². The normalized spacial score (nSPS) is 17.2. The minimum Gasteiger partial charge on any atom is -0.469 e. The van der Waals surface area contributed by atoms with Crippen molar-refractivity contribution in [3.63, 3.8) is 0 Å². The van der Waals surface area contributed by atoms with Crippen LogP contribution in [0.3, 0.4) is 0 Å². The van der Waals surface area contributed by atoms with Crippen LogP contribution in [0.15, 0.2) is 0 Å². The zero-order valence-electron chi connectivity index (χ0n) is 9.75. The first kappa shape index (κ1) is 13.4. The van der Waals surface area contributed by atoms with Crippen LogP contribution in [0.4, 0.5) is 0 Å². The molecule has 3 atom stereocenters. The first-order chi connectivity index (χ1) is 6.58. The Bertz CT molecular complexity index is 171. The van der Waals surface area contributed by atoms with Gasteiger partial charge in [0.2, 0.25) is 0 Å². The lowest BCUT2D eigenvalue weighted by Crippen LogP contribution is -2.40. The average Bonchev–Trinajstić information content (AvgIpc) is 2.18. The Kier molecular flexibility index (Phi) is 6.54. The van der Waals surface area contributed by atoms with Crippen LogP contribution in [0.25, 0.3) is 0 Å². The van der Waals surface area contributed by atoms with Gasteiger partial charge in [-0.3, -0.25) is 4.79 Å². The van der Waals surface area contributed by atoms with E-state index in [1.807, 2.05) is 6.92 Å². The molecule has 0 spiro atoms. The van der Waals surface area contributed by atoms with E-state index in [0.29, 0.717) is 5.92 Å². The molecule has 0 aromatic heterocycles.